The van der Waals surface area contributed by atoms with Gasteiger partial charge in [0.15, 0.2) is 21.3 Å². The van der Waals surface area contributed by atoms with Gasteiger partial charge in [-0.2, -0.15) is 0 Å². The average Bonchev–Trinajstić information content (AvgIpc) is 3.43. The van der Waals surface area contributed by atoms with E-state index in [0.717, 1.165) is 19.3 Å². The van der Waals surface area contributed by atoms with E-state index < -0.39 is 9.84 Å². The molecule has 1 unspecified atom stereocenters. The summed E-state index contributed by atoms with van der Waals surface area (Å²) >= 11 is 0. The van der Waals surface area contributed by atoms with E-state index >= 15 is 0 Å². The number of fused-ring (bicyclic) bond motifs is 1. The lowest BCUT2D eigenvalue weighted by molar-refractivity contribution is -0.120. The minimum atomic E-state index is -3.57. The number of hydrogen-bond acceptors (Lipinski definition) is 6. The Bertz CT molecular complexity index is 731. The summed E-state index contributed by atoms with van der Waals surface area (Å²) in [4.78, 5) is 12.0. The lowest BCUT2D eigenvalue weighted by Crippen LogP contribution is -2.39. The Labute approximate surface area is 147 Å². The van der Waals surface area contributed by atoms with Gasteiger partial charge >= 0.3 is 0 Å². The SMILES string of the molecule is NC(CNC(=O)CCS(=O)(=O)c1ccc2c(c1)OCCCO2)C1CC1. The Morgan fingerprint density at radius 2 is 1.96 bits per heavy atom. The summed E-state index contributed by atoms with van der Waals surface area (Å²) in [6.45, 7) is 1.43. The molecule has 1 saturated carbocycles. The first-order chi connectivity index (χ1) is 12.0. The van der Waals surface area contributed by atoms with Crippen LogP contribution >= 0.6 is 0 Å². The molecule has 1 aliphatic heterocycles. The number of rotatable bonds is 7. The Hall–Kier alpha value is -1.80. The molecule has 1 aliphatic carbocycles. The van der Waals surface area contributed by atoms with Crippen molar-refractivity contribution in [1.82, 2.24) is 5.32 Å². The fraction of sp³-hybridized carbons (Fsp3) is 0.588. The van der Waals surface area contributed by atoms with Crippen LogP contribution in [0, 0.1) is 5.92 Å². The van der Waals surface area contributed by atoms with Crippen LogP contribution in [0.25, 0.3) is 0 Å². The topological polar surface area (TPSA) is 108 Å². The molecule has 0 bridgehead atoms. The van der Waals surface area contributed by atoms with Crippen molar-refractivity contribution in [1.29, 1.82) is 0 Å². The van der Waals surface area contributed by atoms with Crippen LogP contribution in [-0.4, -0.2) is 45.9 Å². The largest absolute Gasteiger partial charge is 0.490 e. The molecule has 1 heterocycles. The van der Waals surface area contributed by atoms with Crippen molar-refractivity contribution in [2.24, 2.45) is 11.7 Å². The monoisotopic (exact) mass is 368 g/mol. The van der Waals surface area contributed by atoms with Crippen LogP contribution in [0.2, 0.25) is 0 Å². The number of sulfone groups is 1. The standard InChI is InChI=1S/C17H24N2O5S/c18-14(12-2-3-12)11-19-17(20)6-9-25(21,22)13-4-5-15-16(10-13)24-8-1-7-23-15/h4-5,10,12,14H,1-3,6-9,11,18H2,(H,19,20). The molecule has 0 saturated heterocycles. The number of carbonyl (C=O) groups is 1. The smallest absolute Gasteiger partial charge is 0.221 e. The third kappa shape index (κ3) is 4.85. The van der Waals surface area contributed by atoms with Crippen LogP contribution in [-0.2, 0) is 14.6 Å². The van der Waals surface area contributed by atoms with E-state index in [9.17, 15) is 13.2 Å². The van der Waals surface area contributed by atoms with Crippen molar-refractivity contribution in [2.45, 2.75) is 36.6 Å². The summed E-state index contributed by atoms with van der Waals surface area (Å²) < 4.78 is 35.9. The lowest BCUT2D eigenvalue weighted by Gasteiger charge is -2.12. The van der Waals surface area contributed by atoms with Gasteiger partial charge in [-0.15, -0.1) is 0 Å². The number of amides is 1. The van der Waals surface area contributed by atoms with Crippen molar-refractivity contribution in [3.05, 3.63) is 18.2 Å². The molecule has 3 rings (SSSR count). The maximum Gasteiger partial charge on any atom is 0.221 e. The van der Waals surface area contributed by atoms with Crippen LogP contribution < -0.4 is 20.5 Å². The Kier molecular flexibility index (Phi) is 5.48. The highest BCUT2D eigenvalue weighted by Gasteiger charge is 2.28. The van der Waals surface area contributed by atoms with Gasteiger partial charge in [0.25, 0.3) is 0 Å². The van der Waals surface area contributed by atoms with Gasteiger partial charge in [-0.3, -0.25) is 4.79 Å². The van der Waals surface area contributed by atoms with Gasteiger partial charge in [-0.05, 0) is 30.9 Å². The van der Waals surface area contributed by atoms with E-state index in [4.69, 9.17) is 15.2 Å². The third-order valence-electron chi connectivity index (χ3n) is 4.44. The molecule has 25 heavy (non-hydrogen) atoms. The zero-order chi connectivity index (χ0) is 17.9. The maximum absolute atomic E-state index is 12.5. The highest BCUT2D eigenvalue weighted by atomic mass is 32.2. The number of benzene rings is 1. The van der Waals surface area contributed by atoms with E-state index in [1.807, 2.05) is 0 Å². The summed E-state index contributed by atoms with van der Waals surface area (Å²) in [6, 6.07) is 4.52. The number of hydrogen-bond donors (Lipinski definition) is 2. The first-order valence-electron chi connectivity index (χ1n) is 8.60. The molecular formula is C17H24N2O5S. The quantitative estimate of drug-likeness (QED) is 0.739. The van der Waals surface area contributed by atoms with E-state index in [-0.39, 0.29) is 29.0 Å². The predicted molar refractivity (Wildman–Crippen MR) is 92.4 cm³/mol. The molecule has 8 heteroatoms. The molecule has 2 aliphatic rings. The van der Waals surface area contributed by atoms with Crippen LogP contribution in [0.5, 0.6) is 11.5 Å². The number of ether oxygens (including phenoxy) is 2. The fourth-order valence-electron chi connectivity index (χ4n) is 2.69. The van der Waals surface area contributed by atoms with Gasteiger partial charge in [0.05, 0.1) is 23.9 Å². The molecule has 1 aromatic rings. The fourth-order valence-corrected chi connectivity index (χ4v) is 3.94. The van der Waals surface area contributed by atoms with Crippen LogP contribution in [0.15, 0.2) is 23.1 Å². The minimum absolute atomic E-state index is 0.0395. The normalized spacial score (nSPS) is 18.3. The molecule has 138 valence electrons. The molecule has 1 fully saturated rings. The Morgan fingerprint density at radius 3 is 2.68 bits per heavy atom. The summed E-state index contributed by atoms with van der Waals surface area (Å²) in [6.07, 6.45) is 2.87. The second-order valence-corrected chi connectivity index (χ2v) is 8.64. The zero-order valence-electron chi connectivity index (χ0n) is 14.1. The number of carbonyl (C=O) groups excluding carboxylic acids is 1. The molecule has 0 radical (unpaired) electrons. The van der Waals surface area contributed by atoms with Crippen LogP contribution in [0.1, 0.15) is 25.7 Å². The highest BCUT2D eigenvalue weighted by Crippen LogP contribution is 2.32. The summed E-state index contributed by atoms with van der Waals surface area (Å²) in [5.74, 6) is 0.915. The average molecular weight is 368 g/mol. The van der Waals surface area contributed by atoms with Gasteiger partial charge in [-0.1, -0.05) is 0 Å². The number of nitrogens with one attached hydrogen (secondary N) is 1. The Morgan fingerprint density at radius 1 is 1.24 bits per heavy atom. The second-order valence-electron chi connectivity index (χ2n) is 6.53. The molecule has 1 atom stereocenters. The molecule has 1 amide bonds. The Balaban J connectivity index is 1.56. The van der Waals surface area contributed by atoms with Crippen LogP contribution in [0.3, 0.4) is 0 Å². The van der Waals surface area contributed by atoms with E-state index in [1.54, 1.807) is 6.07 Å². The molecule has 7 nitrogen and oxygen atoms in total. The summed E-state index contributed by atoms with van der Waals surface area (Å²) in [7, 11) is -3.57. The number of nitrogens with two attached hydrogens (primary N) is 1. The predicted octanol–water partition coefficient (Wildman–Crippen LogP) is 0.865. The maximum atomic E-state index is 12.5. The van der Waals surface area contributed by atoms with E-state index in [2.05, 4.69) is 5.32 Å². The highest BCUT2D eigenvalue weighted by molar-refractivity contribution is 7.91. The van der Waals surface area contributed by atoms with Gasteiger partial charge in [0.1, 0.15) is 0 Å². The minimum Gasteiger partial charge on any atom is -0.490 e. The molecule has 3 N–H and O–H groups in total. The molecule has 1 aromatic carbocycles. The first kappa shape index (κ1) is 18.0. The van der Waals surface area contributed by atoms with Crippen molar-refractivity contribution in [2.75, 3.05) is 25.5 Å². The molecule has 0 aromatic heterocycles. The third-order valence-corrected chi connectivity index (χ3v) is 6.15. The summed E-state index contributed by atoms with van der Waals surface area (Å²) in [5, 5.41) is 2.71. The molecule has 0 spiro atoms. The van der Waals surface area contributed by atoms with Gasteiger partial charge in [0, 0.05) is 31.5 Å². The molecular weight excluding hydrogens is 344 g/mol. The van der Waals surface area contributed by atoms with Gasteiger partial charge < -0.3 is 20.5 Å². The first-order valence-corrected chi connectivity index (χ1v) is 10.3. The van der Waals surface area contributed by atoms with E-state index in [1.165, 1.54) is 12.1 Å². The van der Waals surface area contributed by atoms with Crippen molar-refractivity contribution in [3.63, 3.8) is 0 Å². The zero-order valence-corrected chi connectivity index (χ0v) is 14.9. The lowest BCUT2D eigenvalue weighted by atomic mass is 10.2. The van der Waals surface area contributed by atoms with Gasteiger partial charge in [-0.25, -0.2) is 8.42 Å². The van der Waals surface area contributed by atoms with Crippen molar-refractivity contribution >= 4 is 15.7 Å². The van der Waals surface area contributed by atoms with Crippen molar-refractivity contribution in [3.8, 4) is 11.5 Å². The van der Waals surface area contributed by atoms with E-state index in [0.29, 0.717) is 37.2 Å². The summed E-state index contributed by atoms with van der Waals surface area (Å²) in [5.41, 5.74) is 5.92. The van der Waals surface area contributed by atoms with Crippen molar-refractivity contribution < 1.29 is 22.7 Å². The second kappa shape index (κ2) is 7.61. The van der Waals surface area contributed by atoms with Gasteiger partial charge in [0.2, 0.25) is 5.91 Å². The van der Waals surface area contributed by atoms with Crippen LogP contribution in [0.4, 0.5) is 0 Å².